The summed E-state index contributed by atoms with van der Waals surface area (Å²) < 4.78 is 5.91. The number of carbonyl (C=O) groups excluding carboxylic acids is 1. The highest BCUT2D eigenvalue weighted by molar-refractivity contribution is 8.01. The van der Waals surface area contributed by atoms with E-state index in [0.29, 0.717) is 5.75 Å². The standard InChI is InChI=1S/C14H21NO2S2/c1-10-5-6-11(17-10)13-15(12(16)9-18-13)7-8-19-14(2,3)4/h5-6,13H,7-9H2,1-4H3. The first-order valence-corrected chi connectivity index (χ1v) is 8.51. The second-order valence-corrected chi connectivity index (χ2v) is 8.65. The number of carbonyl (C=O) groups is 1. The molecule has 1 aromatic heterocycles. The van der Waals surface area contributed by atoms with E-state index in [-0.39, 0.29) is 16.0 Å². The molecule has 0 aliphatic carbocycles. The summed E-state index contributed by atoms with van der Waals surface area (Å²) in [5.41, 5.74) is 0. The number of furan rings is 1. The summed E-state index contributed by atoms with van der Waals surface area (Å²) >= 11 is 3.55. The molecule has 1 fully saturated rings. The second kappa shape index (κ2) is 5.83. The van der Waals surface area contributed by atoms with E-state index in [4.69, 9.17) is 4.42 Å². The Hall–Kier alpha value is -0.550. The molecule has 1 aliphatic rings. The van der Waals surface area contributed by atoms with Crippen LogP contribution in [0.3, 0.4) is 0 Å². The zero-order valence-electron chi connectivity index (χ0n) is 11.9. The maximum absolute atomic E-state index is 12.0. The lowest BCUT2D eigenvalue weighted by atomic mass is 10.3. The Balaban J connectivity index is 1.98. The molecule has 19 heavy (non-hydrogen) atoms. The van der Waals surface area contributed by atoms with Crippen LogP contribution in [0, 0.1) is 6.92 Å². The van der Waals surface area contributed by atoms with Gasteiger partial charge in [0.25, 0.3) is 0 Å². The number of thioether (sulfide) groups is 2. The molecule has 1 unspecified atom stereocenters. The minimum atomic E-state index is 0.0572. The molecule has 0 spiro atoms. The molecule has 0 saturated carbocycles. The Morgan fingerprint density at radius 1 is 1.47 bits per heavy atom. The van der Waals surface area contributed by atoms with E-state index < -0.39 is 0 Å². The van der Waals surface area contributed by atoms with E-state index in [2.05, 4.69) is 20.8 Å². The lowest BCUT2D eigenvalue weighted by Gasteiger charge is -2.24. The zero-order chi connectivity index (χ0) is 14.0. The molecule has 1 aromatic rings. The van der Waals surface area contributed by atoms with E-state index in [1.54, 1.807) is 11.8 Å². The number of aryl methyl sites for hydroxylation is 1. The first-order valence-electron chi connectivity index (χ1n) is 6.48. The van der Waals surface area contributed by atoms with Crippen LogP contribution in [0.2, 0.25) is 0 Å². The fraction of sp³-hybridized carbons (Fsp3) is 0.643. The summed E-state index contributed by atoms with van der Waals surface area (Å²) in [6, 6.07) is 3.94. The molecule has 3 nitrogen and oxygen atoms in total. The van der Waals surface area contributed by atoms with Crippen LogP contribution in [0.15, 0.2) is 16.5 Å². The van der Waals surface area contributed by atoms with E-state index in [9.17, 15) is 4.79 Å². The largest absolute Gasteiger partial charge is 0.463 e. The molecule has 2 rings (SSSR count). The Labute approximate surface area is 123 Å². The molecule has 1 atom stereocenters. The van der Waals surface area contributed by atoms with E-state index in [0.717, 1.165) is 23.8 Å². The van der Waals surface area contributed by atoms with Crippen molar-refractivity contribution in [2.45, 2.75) is 37.8 Å². The minimum Gasteiger partial charge on any atom is -0.463 e. The maximum Gasteiger partial charge on any atom is 0.233 e. The van der Waals surface area contributed by atoms with Gasteiger partial charge in [-0.05, 0) is 19.1 Å². The monoisotopic (exact) mass is 299 g/mol. The predicted molar refractivity (Wildman–Crippen MR) is 82.6 cm³/mol. The van der Waals surface area contributed by atoms with Crippen LogP contribution < -0.4 is 0 Å². The van der Waals surface area contributed by atoms with Crippen molar-refractivity contribution in [2.24, 2.45) is 0 Å². The van der Waals surface area contributed by atoms with Gasteiger partial charge in [0.1, 0.15) is 16.9 Å². The van der Waals surface area contributed by atoms with Gasteiger partial charge in [0, 0.05) is 17.0 Å². The van der Waals surface area contributed by atoms with Crippen molar-refractivity contribution in [2.75, 3.05) is 18.1 Å². The molecular weight excluding hydrogens is 278 g/mol. The van der Waals surface area contributed by atoms with Gasteiger partial charge in [-0.3, -0.25) is 4.79 Å². The van der Waals surface area contributed by atoms with Gasteiger partial charge < -0.3 is 9.32 Å². The van der Waals surface area contributed by atoms with Crippen LogP contribution in [0.25, 0.3) is 0 Å². The van der Waals surface area contributed by atoms with Crippen molar-refractivity contribution in [3.63, 3.8) is 0 Å². The highest BCUT2D eigenvalue weighted by atomic mass is 32.2. The van der Waals surface area contributed by atoms with Crippen molar-refractivity contribution in [1.82, 2.24) is 4.90 Å². The smallest absolute Gasteiger partial charge is 0.233 e. The molecule has 2 heterocycles. The molecular formula is C14H21NO2S2. The van der Waals surface area contributed by atoms with Gasteiger partial charge in [0.15, 0.2) is 0 Å². The normalized spacial score (nSPS) is 20.3. The Bertz CT molecular complexity index is 451. The maximum atomic E-state index is 12.0. The average Bonchev–Trinajstić information content (AvgIpc) is 2.85. The molecule has 0 radical (unpaired) electrons. The molecule has 0 aromatic carbocycles. The lowest BCUT2D eigenvalue weighted by molar-refractivity contribution is -0.128. The first kappa shape index (κ1) is 14.9. The van der Waals surface area contributed by atoms with Crippen LogP contribution in [0.4, 0.5) is 0 Å². The summed E-state index contributed by atoms with van der Waals surface area (Å²) in [5.74, 6) is 3.54. The van der Waals surface area contributed by atoms with Crippen molar-refractivity contribution in [1.29, 1.82) is 0 Å². The third kappa shape index (κ3) is 3.96. The number of nitrogens with zero attached hydrogens (tertiary/aromatic N) is 1. The van der Waals surface area contributed by atoms with E-state index in [1.807, 2.05) is 35.7 Å². The average molecular weight is 299 g/mol. The molecule has 1 saturated heterocycles. The Morgan fingerprint density at radius 2 is 2.21 bits per heavy atom. The number of hydrogen-bond donors (Lipinski definition) is 0. The summed E-state index contributed by atoms with van der Waals surface area (Å²) in [6.07, 6.45) is 0. The number of amides is 1. The van der Waals surface area contributed by atoms with Gasteiger partial charge in [0.05, 0.1) is 5.75 Å². The molecule has 106 valence electrons. The Kier molecular flexibility index (Phi) is 4.56. The topological polar surface area (TPSA) is 33.5 Å². The van der Waals surface area contributed by atoms with Crippen LogP contribution in [-0.4, -0.2) is 33.6 Å². The number of hydrogen-bond acceptors (Lipinski definition) is 4. The summed E-state index contributed by atoms with van der Waals surface area (Å²) in [4.78, 5) is 13.9. The van der Waals surface area contributed by atoms with Crippen molar-refractivity contribution in [3.05, 3.63) is 23.7 Å². The summed E-state index contributed by atoms with van der Waals surface area (Å²) in [5, 5.41) is 0.0572. The number of rotatable bonds is 4. The fourth-order valence-electron chi connectivity index (χ4n) is 1.97. The fourth-order valence-corrected chi connectivity index (χ4v) is 4.03. The highest BCUT2D eigenvalue weighted by Gasteiger charge is 2.34. The van der Waals surface area contributed by atoms with Gasteiger partial charge in [-0.15, -0.1) is 11.8 Å². The van der Waals surface area contributed by atoms with Gasteiger partial charge in [-0.1, -0.05) is 20.8 Å². The third-order valence-electron chi connectivity index (χ3n) is 2.84. The van der Waals surface area contributed by atoms with Crippen molar-refractivity contribution >= 4 is 29.4 Å². The van der Waals surface area contributed by atoms with Crippen LogP contribution in [0.5, 0.6) is 0 Å². The highest BCUT2D eigenvalue weighted by Crippen LogP contribution is 2.39. The van der Waals surface area contributed by atoms with E-state index in [1.165, 1.54) is 0 Å². The molecule has 1 aliphatic heterocycles. The summed E-state index contributed by atoms with van der Waals surface area (Å²) in [7, 11) is 0. The lowest BCUT2D eigenvalue weighted by Crippen LogP contribution is -2.31. The molecule has 1 amide bonds. The molecule has 0 N–H and O–H groups in total. The first-order chi connectivity index (χ1) is 8.87. The van der Waals surface area contributed by atoms with Crippen LogP contribution in [0.1, 0.15) is 37.7 Å². The van der Waals surface area contributed by atoms with Crippen LogP contribution >= 0.6 is 23.5 Å². The SMILES string of the molecule is Cc1ccc(C2SCC(=O)N2CCSC(C)(C)C)o1. The van der Waals surface area contributed by atoms with Gasteiger partial charge in [-0.2, -0.15) is 11.8 Å². The second-order valence-electron chi connectivity index (χ2n) is 5.66. The van der Waals surface area contributed by atoms with Crippen LogP contribution in [-0.2, 0) is 4.79 Å². The molecule has 5 heteroatoms. The zero-order valence-corrected chi connectivity index (χ0v) is 13.6. The van der Waals surface area contributed by atoms with Gasteiger partial charge in [-0.25, -0.2) is 0 Å². The third-order valence-corrected chi connectivity index (χ3v) is 5.31. The Morgan fingerprint density at radius 3 is 2.79 bits per heavy atom. The van der Waals surface area contributed by atoms with Gasteiger partial charge in [0.2, 0.25) is 5.91 Å². The van der Waals surface area contributed by atoms with Gasteiger partial charge >= 0.3 is 0 Å². The van der Waals surface area contributed by atoms with Crippen molar-refractivity contribution < 1.29 is 9.21 Å². The van der Waals surface area contributed by atoms with E-state index >= 15 is 0 Å². The quantitative estimate of drug-likeness (QED) is 0.849. The minimum absolute atomic E-state index is 0.0572. The van der Waals surface area contributed by atoms with Crippen molar-refractivity contribution in [3.8, 4) is 0 Å². The summed E-state index contributed by atoms with van der Waals surface area (Å²) in [6.45, 7) is 9.33. The predicted octanol–water partition coefficient (Wildman–Crippen LogP) is 3.69. The molecule has 0 bridgehead atoms.